The number of carbonyl (C=O) groups excluding carboxylic acids is 1. The first-order chi connectivity index (χ1) is 29.3. The molecule has 9 aromatic carbocycles. The number of carbonyl (C=O) groups is 1. The summed E-state index contributed by atoms with van der Waals surface area (Å²) in [5, 5.41) is 12.6. The van der Waals surface area contributed by atoms with Gasteiger partial charge >= 0.3 is 0 Å². The molecule has 1 nitrogen and oxygen atoms in total. The largest absolute Gasteiger partial charge is 0.307 e. The van der Waals surface area contributed by atoms with E-state index in [0.717, 1.165) is 0 Å². The van der Waals surface area contributed by atoms with E-state index in [4.69, 9.17) is 4.79 Å². The standard InChI is InChI=1S/3C18H15P.CH2O.Pt/c3*1-4-10-16(11-5-1)19(17-12-6-2-7-13-17)18-14-8-3-9-15-18;1-2;/h3*1-15H;1H2;. The summed E-state index contributed by atoms with van der Waals surface area (Å²) in [6, 6.07) is 97.0. The van der Waals surface area contributed by atoms with Crippen molar-refractivity contribution in [2.45, 2.75) is 0 Å². The minimum absolute atomic E-state index is 0. The van der Waals surface area contributed by atoms with Crippen molar-refractivity contribution in [3.05, 3.63) is 273 Å². The van der Waals surface area contributed by atoms with Crippen LogP contribution in [-0.4, -0.2) is 6.79 Å². The Morgan fingerprint density at radius 3 is 0.350 bits per heavy atom. The van der Waals surface area contributed by atoms with E-state index in [0.29, 0.717) is 0 Å². The molecule has 0 spiro atoms. The summed E-state index contributed by atoms with van der Waals surface area (Å²) in [6.07, 6.45) is 0. The van der Waals surface area contributed by atoms with Crippen LogP contribution in [-0.2, 0) is 25.9 Å². The van der Waals surface area contributed by atoms with Crippen LogP contribution >= 0.6 is 23.8 Å². The maximum absolute atomic E-state index is 8.00. The van der Waals surface area contributed by atoms with Crippen molar-refractivity contribution in [2.24, 2.45) is 0 Å². The second-order valence-electron chi connectivity index (χ2n) is 13.0. The Labute approximate surface area is 374 Å². The molecule has 0 aliphatic heterocycles. The van der Waals surface area contributed by atoms with Crippen LogP contribution in [0.25, 0.3) is 0 Å². The van der Waals surface area contributed by atoms with Crippen LogP contribution in [0, 0.1) is 0 Å². The van der Waals surface area contributed by atoms with Gasteiger partial charge in [0.2, 0.25) is 0 Å². The SMILES string of the molecule is C=O.[Pt].c1ccc(P(c2ccccc2)c2ccccc2)cc1.c1ccc(P(c2ccccc2)c2ccccc2)cc1.c1ccc(P(c2ccccc2)c2ccccc2)cc1. The van der Waals surface area contributed by atoms with Gasteiger partial charge in [-0.1, -0.05) is 273 Å². The van der Waals surface area contributed by atoms with Crippen molar-refractivity contribution in [3.8, 4) is 0 Å². The third-order valence-corrected chi connectivity index (χ3v) is 16.5. The van der Waals surface area contributed by atoms with Gasteiger partial charge in [-0.2, -0.15) is 0 Å². The first-order valence-electron chi connectivity index (χ1n) is 19.5. The zero-order valence-electron chi connectivity index (χ0n) is 33.3. The fourth-order valence-electron chi connectivity index (χ4n) is 6.54. The van der Waals surface area contributed by atoms with Crippen LogP contribution in [0.3, 0.4) is 0 Å². The van der Waals surface area contributed by atoms with Gasteiger partial charge in [-0.25, -0.2) is 0 Å². The molecule has 0 radical (unpaired) electrons. The average molecular weight is 1010 g/mol. The molecule has 0 atom stereocenters. The summed E-state index contributed by atoms with van der Waals surface area (Å²) in [4.78, 5) is 8.00. The van der Waals surface area contributed by atoms with E-state index in [1.165, 1.54) is 47.7 Å². The third-order valence-electron chi connectivity index (χ3n) is 9.13. The van der Waals surface area contributed by atoms with Crippen LogP contribution in [0.4, 0.5) is 0 Å². The van der Waals surface area contributed by atoms with E-state index in [9.17, 15) is 0 Å². The first kappa shape index (κ1) is 45.7. The summed E-state index contributed by atoms with van der Waals surface area (Å²) in [5.74, 6) is 0. The monoisotopic (exact) mass is 1010 g/mol. The molecule has 0 saturated carbocycles. The molecule has 0 amide bonds. The molecule has 9 aromatic rings. The number of hydrogen-bond acceptors (Lipinski definition) is 1. The molecule has 298 valence electrons. The molecule has 60 heavy (non-hydrogen) atoms. The molecular weight excluding hydrogens is 965 g/mol. The summed E-state index contributed by atoms with van der Waals surface area (Å²) >= 11 is 0. The molecular formula is C55H47OP3Pt. The maximum atomic E-state index is 8.00. The number of rotatable bonds is 9. The fraction of sp³-hybridized carbons (Fsp3) is 0. The Morgan fingerprint density at radius 2 is 0.267 bits per heavy atom. The van der Waals surface area contributed by atoms with Crippen molar-refractivity contribution in [1.29, 1.82) is 0 Å². The molecule has 9 rings (SSSR count). The molecule has 0 saturated heterocycles. The minimum atomic E-state index is -0.446. The van der Waals surface area contributed by atoms with Crippen LogP contribution in [0.1, 0.15) is 0 Å². The zero-order chi connectivity index (χ0) is 40.7. The molecule has 0 aliphatic rings. The van der Waals surface area contributed by atoms with Crippen LogP contribution in [0.2, 0.25) is 0 Å². The van der Waals surface area contributed by atoms with Gasteiger partial charge in [-0.15, -0.1) is 0 Å². The number of hydrogen-bond donors (Lipinski definition) is 0. The Morgan fingerprint density at radius 1 is 0.183 bits per heavy atom. The van der Waals surface area contributed by atoms with Crippen molar-refractivity contribution >= 4 is 78.3 Å². The normalized spacial score (nSPS) is 10.1. The molecule has 5 heteroatoms. The summed E-state index contributed by atoms with van der Waals surface area (Å²) in [6.45, 7) is 2.00. The topological polar surface area (TPSA) is 17.1 Å². The van der Waals surface area contributed by atoms with Gasteiger partial charge < -0.3 is 4.79 Å². The predicted molar refractivity (Wildman–Crippen MR) is 263 cm³/mol. The van der Waals surface area contributed by atoms with E-state index in [1.807, 2.05) is 6.79 Å². The Hall–Kier alpha value is -5.37. The fourth-order valence-corrected chi connectivity index (χ4v) is 13.5. The average Bonchev–Trinajstić information content (AvgIpc) is 3.34. The van der Waals surface area contributed by atoms with Gasteiger partial charge in [-0.05, 0) is 71.5 Å². The Bertz CT molecular complexity index is 1890. The van der Waals surface area contributed by atoms with Gasteiger partial charge in [0, 0.05) is 21.1 Å². The number of benzene rings is 9. The third kappa shape index (κ3) is 13.3. The van der Waals surface area contributed by atoms with Gasteiger partial charge in [0.15, 0.2) is 0 Å². The predicted octanol–water partition coefficient (Wildman–Crippen LogP) is 10.1. The quantitative estimate of drug-likeness (QED) is 0.132. The van der Waals surface area contributed by atoms with Gasteiger partial charge in [0.1, 0.15) is 6.79 Å². The maximum Gasteiger partial charge on any atom is 0.106 e. The van der Waals surface area contributed by atoms with E-state index in [1.54, 1.807) is 0 Å². The minimum Gasteiger partial charge on any atom is -0.307 e. The van der Waals surface area contributed by atoms with Crippen LogP contribution in [0.5, 0.6) is 0 Å². The molecule has 0 aliphatic carbocycles. The van der Waals surface area contributed by atoms with Crippen molar-refractivity contribution < 1.29 is 25.9 Å². The molecule has 0 fully saturated rings. The first-order valence-corrected chi connectivity index (χ1v) is 23.5. The van der Waals surface area contributed by atoms with Crippen molar-refractivity contribution in [2.75, 3.05) is 0 Å². The van der Waals surface area contributed by atoms with Crippen LogP contribution in [0.15, 0.2) is 273 Å². The van der Waals surface area contributed by atoms with Crippen molar-refractivity contribution in [3.63, 3.8) is 0 Å². The molecule has 0 heterocycles. The second-order valence-corrected chi connectivity index (χ2v) is 19.7. The van der Waals surface area contributed by atoms with Gasteiger partial charge in [0.05, 0.1) is 0 Å². The summed E-state index contributed by atoms with van der Waals surface area (Å²) in [5.41, 5.74) is 0. The molecule has 0 bridgehead atoms. The van der Waals surface area contributed by atoms with E-state index >= 15 is 0 Å². The summed E-state index contributed by atoms with van der Waals surface area (Å²) in [7, 11) is -1.34. The van der Waals surface area contributed by atoms with E-state index in [-0.39, 0.29) is 21.1 Å². The van der Waals surface area contributed by atoms with E-state index in [2.05, 4.69) is 273 Å². The van der Waals surface area contributed by atoms with Gasteiger partial charge in [-0.3, -0.25) is 0 Å². The molecule has 0 N–H and O–H groups in total. The Balaban J connectivity index is 0.000000166. The molecule has 0 aromatic heterocycles. The summed E-state index contributed by atoms with van der Waals surface area (Å²) < 4.78 is 0. The zero-order valence-corrected chi connectivity index (χ0v) is 38.2. The smallest absolute Gasteiger partial charge is 0.106 e. The van der Waals surface area contributed by atoms with Gasteiger partial charge in [0.25, 0.3) is 0 Å². The van der Waals surface area contributed by atoms with Crippen molar-refractivity contribution in [1.82, 2.24) is 0 Å². The Kier molecular flexibility index (Phi) is 19.8. The molecule has 0 unspecified atom stereocenters. The van der Waals surface area contributed by atoms with E-state index < -0.39 is 23.8 Å². The van der Waals surface area contributed by atoms with Crippen LogP contribution < -0.4 is 47.7 Å². The second kappa shape index (κ2) is 26.0.